The van der Waals surface area contributed by atoms with E-state index in [9.17, 15) is 53.4 Å². The third-order valence-electron chi connectivity index (χ3n) is 9.91. The number of aliphatic carboxylic acids is 2. The van der Waals surface area contributed by atoms with Gasteiger partial charge in [-0.2, -0.15) is 0 Å². The highest BCUT2D eigenvalue weighted by molar-refractivity contribution is 5.97. The Morgan fingerprint density at radius 2 is 1.29 bits per heavy atom. The molecule has 2 aromatic rings. The molecule has 1 aromatic heterocycles. The smallest absolute Gasteiger partial charge is 0.326 e. The number of carbonyl (C=O) groups is 9. The van der Waals surface area contributed by atoms with Crippen molar-refractivity contribution in [3.05, 3.63) is 48.0 Å². The van der Waals surface area contributed by atoms with Crippen molar-refractivity contribution in [3.8, 4) is 5.75 Å². The number of hydrogen-bond acceptors (Lipinski definition) is 12. The monoisotopic (exact) mass is 886 g/mol. The second kappa shape index (κ2) is 26.0. The van der Waals surface area contributed by atoms with E-state index in [0.717, 1.165) is 0 Å². The van der Waals surface area contributed by atoms with Crippen molar-refractivity contribution in [3.63, 3.8) is 0 Å². The minimum Gasteiger partial charge on any atom is -0.508 e. The van der Waals surface area contributed by atoms with Gasteiger partial charge >= 0.3 is 11.9 Å². The molecule has 0 spiro atoms. The lowest BCUT2D eigenvalue weighted by Gasteiger charge is -2.30. The molecule has 0 radical (unpaired) electrons. The second-order valence-electron chi connectivity index (χ2n) is 15.9. The van der Waals surface area contributed by atoms with Crippen LogP contribution in [0.3, 0.4) is 0 Å². The normalized spacial score (nSPS) is 14.4. The summed E-state index contributed by atoms with van der Waals surface area (Å²) in [5, 5.41) is 46.4. The lowest BCUT2D eigenvalue weighted by Crippen LogP contribution is -2.61. The predicted molar refractivity (Wildman–Crippen MR) is 226 cm³/mol. The molecule has 1 aromatic carbocycles. The van der Waals surface area contributed by atoms with Crippen LogP contribution in [0, 0.1) is 17.8 Å². The Balaban J connectivity index is 2.27. The molecule has 0 saturated carbocycles. The summed E-state index contributed by atoms with van der Waals surface area (Å²) in [5.41, 5.74) is 6.25. The molecule has 2 rings (SSSR count). The van der Waals surface area contributed by atoms with Crippen molar-refractivity contribution in [2.24, 2.45) is 23.5 Å². The van der Waals surface area contributed by atoms with E-state index in [0.29, 0.717) is 17.7 Å². The number of rotatable bonds is 27. The lowest BCUT2D eigenvalue weighted by molar-refractivity contribution is -0.142. The van der Waals surface area contributed by atoms with E-state index in [2.05, 4.69) is 47.2 Å². The molecule has 7 atom stereocenters. The minimum atomic E-state index is -1.40. The van der Waals surface area contributed by atoms with Crippen LogP contribution in [0.5, 0.6) is 5.75 Å². The van der Waals surface area contributed by atoms with Gasteiger partial charge in [0.2, 0.25) is 41.4 Å². The first-order chi connectivity index (χ1) is 29.6. The maximum atomic E-state index is 14.0. The third-order valence-corrected chi connectivity index (χ3v) is 9.91. The fraction of sp³-hybridized carbons (Fsp3) is 0.561. The van der Waals surface area contributed by atoms with E-state index in [1.165, 1.54) is 36.8 Å². The van der Waals surface area contributed by atoms with Gasteiger partial charge in [0.1, 0.15) is 42.0 Å². The zero-order chi connectivity index (χ0) is 47.4. The highest BCUT2D eigenvalue weighted by Crippen LogP contribution is 2.15. The second-order valence-corrected chi connectivity index (χ2v) is 15.9. The Bertz CT molecular complexity index is 1870. The van der Waals surface area contributed by atoms with Crippen molar-refractivity contribution >= 4 is 53.3 Å². The number of phenols is 1. The maximum absolute atomic E-state index is 14.0. The number of H-pyrrole nitrogens is 1. The molecule has 1 heterocycles. The van der Waals surface area contributed by atoms with Crippen LogP contribution < -0.4 is 43.0 Å². The van der Waals surface area contributed by atoms with Gasteiger partial charge in [-0.25, -0.2) is 9.78 Å². The molecular formula is C41H62N10O12. The van der Waals surface area contributed by atoms with E-state index < -0.39 is 121 Å². The van der Waals surface area contributed by atoms with Gasteiger partial charge in [-0.15, -0.1) is 0 Å². The molecule has 0 fully saturated rings. The zero-order valence-electron chi connectivity index (χ0n) is 36.4. The molecule has 0 bridgehead atoms. The average Bonchev–Trinajstić information content (AvgIpc) is 3.74. The zero-order valence-corrected chi connectivity index (χ0v) is 36.4. The van der Waals surface area contributed by atoms with Gasteiger partial charge in [0.15, 0.2) is 0 Å². The molecule has 0 aliphatic heterocycles. The standard InChI is InChI=1S/C41H62N10O12/c1-7-23(6)35(51-38(59)28(14-21(2)3)47-32(54)19-44-36(57)27(12-13-33(55)56)46-31(53)17-42)40(61)50-34(22(4)5)39(60)48-29(15-24-8-10-26(52)11-9-24)37(58)49-30(41(62)63)16-25-18-43-20-45-25/h8-11,18,20-23,27-30,34-35,52H,7,12-17,19,42H2,1-6H3,(H,43,45)(H,44,57)(H,46,53)(H,47,54)(H,48,60)(H,49,58)(H,50,61)(H,51,59)(H,55,56)(H,62,63)/t23-,27-,28-,29-,30-,34-,35-/m0/s1. The quantitative estimate of drug-likeness (QED) is 0.0490. The van der Waals surface area contributed by atoms with Gasteiger partial charge in [0.25, 0.3) is 0 Å². The van der Waals surface area contributed by atoms with Gasteiger partial charge < -0.3 is 63.3 Å². The molecule has 0 aliphatic carbocycles. The van der Waals surface area contributed by atoms with Crippen LogP contribution in [0.4, 0.5) is 0 Å². The number of amides is 7. The summed E-state index contributed by atoms with van der Waals surface area (Å²) in [6, 6.07) is -1.91. The van der Waals surface area contributed by atoms with Crippen molar-refractivity contribution in [1.82, 2.24) is 47.2 Å². The first-order valence-corrected chi connectivity index (χ1v) is 20.6. The molecule has 7 amide bonds. The number of aromatic nitrogens is 2. The summed E-state index contributed by atoms with van der Waals surface area (Å²) in [6.45, 7) is 9.26. The molecule has 13 N–H and O–H groups in total. The first-order valence-electron chi connectivity index (χ1n) is 20.6. The molecule has 0 saturated heterocycles. The van der Waals surface area contributed by atoms with E-state index in [1.54, 1.807) is 41.5 Å². The van der Waals surface area contributed by atoms with Gasteiger partial charge in [-0.3, -0.25) is 38.4 Å². The summed E-state index contributed by atoms with van der Waals surface area (Å²) in [4.78, 5) is 123. The Kier molecular flexibility index (Phi) is 21.7. The van der Waals surface area contributed by atoms with Crippen LogP contribution in [0.25, 0.3) is 0 Å². The minimum absolute atomic E-state index is 0.0437. The number of aromatic hydroxyl groups is 1. The number of carboxylic acid groups (broad SMARTS) is 2. The van der Waals surface area contributed by atoms with Crippen LogP contribution in [-0.2, 0) is 56.0 Å². The van der Waals surface area contributed by atoms with Crippen LogP contribution in [0.1, 0.15) is 78.5 Å². The van der Waals surface area contributed by atoms with E-state index in [-0.39, 0.29) is 37.4 Å². The fourth-order valence-corrected chi connectivity index (χ4v) is 6.19. The highest BCUT2D eigenvalue weighted by atomic mass is 16.4. The molecule has 0 unspecified atom stereocenters. The summed E-state index contributed by atoms with van der Waals surface area (Å²) >= 11 is 0. The topological polar surface area (TPSA) is 353 Å². The number of nitrogens with one attached hydrogen (secondary N) is 8. The van der Waals surface area contributed by atoms with Crippen molar-refractivity contribution < 1.29 is 58.5 Å². The summed E-state index contributed by atoms with van der Waals surface area (Å²) in [6.07, 6.45) is 2.27. The van der Waals surface area contributed by atoms with Crippen LogP contribution in [0.2, 0.25) is 0 Å². The highest BCUT2D eigenvalue weighted by Gasteiger charge is 2.36. The number of hydrogen-bond donors (Lipinski definition) is 12. The van der Waals surface area contributed by atoms with Crippen molar-refractivity contribution in [1.29, 1.82) is 0 Å². The largest absolute Gasteiger partial charge is 0.508 e. The molecule has 22 nitrogen and oxygen atoms in total. The SMILES string of the molecule is CC[C@H](C)[C@H](NC(=O)[C@H](CC(C)C)NC(=O)CNC(=O)[C@H](CCC(=O)O)NC(=O)CN)C(=O)N[C@H](C(=O)N[C@@H](Cc1ccc(O)cc1)C(=O)N[C@@H](Cc1cnc[nH]1)C(=O)O)C(C)C. The summed E-state index contributed by atoms with van der Waals surface area (Å²) in [7, 11) is 0. The Labute approximate surface area is 365 Å². The van der Waals surface area contributed by atoms with Crippen LogP contribution in [-0.4, -0.2) is 128 Å². The van der Waals surface area contributed by atoms with E-state index in [4.69, 9.17) is 10.8 Å². The Morgan fingerprint density at radius 3 is 1.83 bits per heavy atom. The molecule has 22 heteroatoms. The van der Waals surface area contributed by atoms with Gasteiger partial charge in [-0.05, 0) is 48.3 Å². The fourth-order valence-electron chi connectivity index (χ4n) is 6.19. The van der Waals surface area contributed by atoms with Gasteiger partial charge in [0.05, 0.1) is 19.4 Å². The maximum Gasteiger partial charge on any atom is 0.326 e. The van der Waals surface area contributed by atoms with Gasteiger partial charge in [-0.1, -0.05) is 60.1 Å². The number of imidazole rings is 1. The molecule has 348 valence electrons. The number of phenolic OH excluding ortho intramolecular Hbond substituents is 1. The van der Waals surface area contributed by atoms with Crippen molar-refractivity contribution in [2.45, 2.75) is 116 Å². The molecule has 63 heavy (non-hydrogen) atoms. The number of nitrogens with two attached hydrogens (primary N) is 1. The first kappa shape index (κ1) is 52.6. The van der Waals surface area contributed by atoms with Crippen LogP contribution >= 0.6 is 0 Å². The predicted octanol–water partition coefficient (Wildman–Crippen LogP) is -1.42. The molecular weight excluding hydrogens is 825 g/mol. The summed E-state index contributed by atoms with van der Waals surface area (Å²) < 4.78 is 0. The Morgan fingerprint density at radius 1 is 0.698 bits per heavy atom. The Hall–Kier alpha value is -6.58. The van der Waals surface area contributed by atoms with Crippen molar-refractivity contribution in [2.75, 3.05) is 13.1 Å². The number of carboxylic acids is 2. The number of nitrogens with zero attached hydrogens (tertiary/aromatic N) is 1. The average molecular weight is 887 g/mol. The van der Waals surface area contributed by atoms with Crippen LogP contribution in [0.15, 0.2) is 36.8 Å². The van der Waals surface area contributed by atoms with E-state index >= 15 is 0 Å². The van der Waals surface area contributed by atoms with E-state index in [1.807, 2.05) is 0 Å². The number of carbonyl (C=O) groups excluding carboxylic acids is 7. The third kappa shape index (κ3) is 18.5. The number of benzene rings is 1. The summed E-state index contributed by atoms with van der Waals surface area (Å²) in [5.74, 6) is -9.28. The molecule has 0 aliphatic rings. The van der Waals surface area contributed by atoms with Gasteiger partial charge in [0, 0.05) is 31.2 Å². The lowest BCUT2D eigenvalue weighted by atomic mass is 9.95. The number of aromatic amines is 1.